The summed E-state index contributed by atoms with van der Waals surface area (Å²) in [4.78, 5) is 24.3. The summed E-state index contributed by atoms with van der Waals surface area (Å²) in [5.74, 6) is -2.68. The predicted octanol–water partition coefficient (Wildman–Crippen LogP) is 2.95. The molecule has 2 aliphatic carbocycles. The molecule has 2 rings (SSSR count). The van der Waals surface area contributed by atoms with Crippen molar-refractivity contribution in [2.75, 3.05) is 0 Å². The second-order valence-electron chi connectivity index (χ2n) is 7.08. The fourth-order valence-electron chi connectivity index (χ4n) is 4.69. The van der Waals surface area contributed by atoms with E-state index in [2.05, 4.69) is 4.18 Å². The maximum atomic E-state index is 12.8. The number of carbonyl (C=O) groups excluding carboxylic acids is 1. The van der Waals surface area contributed by atoms with E-state index in [0.29, 0.717) is 25.7 Å². The topological polar surface area (TPSA) is 118 Å². The molecule has 0 radical (unpaired) electrons. The fraction of sp³-hybridized carbons (Fsp3) is 0.875. The van der Waals surface area contributed by atoms with Crippen LogP contribution in [0.2, 0.25) is 0 Å². The molecule has 0 bridgehead atoms. The first-order valence-corrected chi connectivity index (χ1v) is 10.1. The second-order valence-corrected chi connectivity index (χ2v) is 8.10. The van der Waals surface area contributed by atoms with Crippen LogP contribution in [0.4, 0.5) is 0 Å². The first kappa shape index (κ1) is 19.2. The van der Waals surface area contributed by atoms with Crippen LogP contribution in [0, 0.1) is 17.3 Å². The van der Waals surface area contributed by atoms with Crippen LogP contribution in [-0.4, -0.2) is 30.0 Å². The minimum absolute atomic E-state index is 0.223. The molecule has 2 fully saturated rings. The lowest BCUT2D eigenvalue weighted by atomic mass is 9.57. The number of carboxylic acids is 1. The average Bonchev–Trinajstić information content (AvgIpc) is 2.52. The third-order valence-corrected chi connectivity index (χ3v) is 6.03. The van der Waals surface area contributed by atoms with Gasteiger partial charge in [0.1, 0.15) is 0 Å². The highest BCUT2D eigenvalue weighted by atomic mass is 32.3. The summed E-state index contributed by atoms with van der Waals surface area (Å²) in [5, 5.41) is 9.44. The van der Waals surface area contributed by atoms with Gasteiger partial charge in [0, 0.05) is 0 Å². The van der Waals surface area contributed by atoms with Gasteiger partial charge in [-0.1, -0.05) is 38.5 Å². The van der Waals surface area contributed by atoms with Crippen LogP contribution < -0.4 is 0 Å². The SMILES string of the molecule is O=C(O)CC(C(=O)OS(=O)(=O)O)(C1CCCCC1)C1CCCCC1. The summed E-state index contributed by atoms with van der Waals surface area (Å²) in [7, 11) is -4.96. The molecule has 0 atom stereocenters. The van der Waals surface area contributed by atoms with Crippen molar-refractivity contribution in [1.82, 2.24) is 0 Å². The zero-order chi connectivity index (χ0) is 17.8. The van der Waals surface area contributed by atoms with Crippen molar-refractivity contribution in [3.05, 3.63) is 0 Å². The Morgan fingerprint density at radius 1 is 0.917 bits per heavy atom. The van der Waals surface area contributed by atoms with Gasteiger partial charge in [-0.3, -0.25) is 14.1 Å². The van der Waals surface area contributed by atoms with Gasteiger partial charge < -0.3 is 9.29 Å². The van der Waals surface area contributed by atoms with Crippen molar-refractivity contribution in [1.29, 1.82) is 0 Å². The largest absolute Gasteiger partial charge is 0.481 e. The zero-order valence-corrected chi connectivity index (χ0v) is 14.6. The van der Waals surface area contributed by atoms with Crippen LogP contribution in [0.5, 0.6) is 0 Å². The molecule has 24 heavy (non-hydrogen) atoms. The molecule has 2 N–H and O–H groups in total. The number of hydrogen-bond donors (Lipinski definition) is 2. The molecule has 0 aromatic rings. The van der Waals surface area contributed by atoms with Gasteiger partial charge in [-0.15, -0.1) is 0 Å². The lowest BCUT2D eigenvalue weighted by Gasteiger charge is -2.46. The lowest BCUT2D eigenvalue weighted by molar-refractivity contribution is -0.165. The molecular weight excluding hydrogens is 336 g/mol. The van der Waals surface area contributed by atoms with Crippen molar-refractivity contribution in [2.45, 2.75) is 70.6 Å². The smallest absolute Gasteiger partial charge is 0.448 e. The van der Waals surface area contributed by atoms with Gasteiger partial charge in [0.15, 0.2) is 0 Å². The summed E-state index contributed by atoms with van der Waals surface area (Å²) in [6.45, 7) is 0. The van der Waals surface area contributed by atoms with Gasteiger partial charge in [0.05, 0.1) is 11.8 Å². The maximum Gasteiger partial charge on any atom is 0.448 e. The quantitative estimate of drug-likeness (QED) is 0.697. The number of carboxylic acid groups (broad SMARTS) is 1. The van der Waals surface area contributed by atoms with Crippen LogP contribution in [0.25, 0.3) is 0 Å². The average molecular weight is 362 g/mol. The predicted molar refractivity (Wildman–Crippen MR) is 85.5 cm³/mol. The van der Waals surface area contributed by atoms with Gasteiger partial charge in [-0.05, 0) is 37.5 Å². The normalized spacial score (nSPS) is 21.4. The second kappa shape index (κ2) is 7.82. The first-order valence-electron chi connectivity index (χ1n) is 8.69. The molecule has 0 unspecified atom stereocenters. The van der Waals surface area contributed by atoms with E-state index in [0.717, 1.165) is 38.5 Å². The third-order valence-electron chi connectivity index (χ3n) is 5.67. The van der Waals surface area contributed by atoms with Gasteiger partial charge in [0.25, 0.3) is 0 Å². The van der Waals surface area contributed by atoms with Gasteiger partial charge in [-0.25, -0.2) is 0 Å². The third kappa shape index (κ3) is 4.47. The Morgan fingerprint density at radius 3 is 1.67 bits per heavy atom. The molecule has 0 aromatic carbocycles. The molecule has 0 heterocycles. The van der Waals surface area contributed by atoms with Gasteiger partial charge in [-0.2, -0.15) is 8.42 Å². The highest BCUT2D eigenvalue weighted by Crippen LogP contribution is 2.52. The van der Waals surface area contributed by atoms with E-state index in [1.54, 1.807) is 0 Å². The summed E-state index contributed by atoms with van der Waals surface area (Å²) in [6.07, 6.45) is 7.89. The van der Waals surface area contributed by atoms with Crippen molar-refractivity contribution in [3.63, 3.8) is 0 Å². The molecule has 2 saturated carbocycles. The standard InChI is InChI=1S/C16H26O7S/c17-14(18)11-16(12-7-3-1-4-8-12,13-9-5-2-6-10-13)15(19)23-24(20,21)22/h12-13H,1-11H2,(H,17,18)(H,20,21,22). The Kier molecular flexibility index (Phi) is 6.25. The molecule has 0 aromatic heterocycles. The lowest BCUT2D eigenvalue weighted by Crippen LogP contribution is -2.49. The van der Waals surface area contributed by atoms with E-state index in [-0.39, 0.29) is 11.8 Å². The summed E-state index contributed by atoms with van der Waals surface area (Å²) < 4.78 is 35.5. The van der Waals surface area contributed by atoms with E-state index in [1.807, 2.05) is 0 Å². The van der Waals surface area contributed by atoms with Crippen LogP contribution >= 0.6 is 0 Å². The Hall–Kier alpha value is -1.15. The molecule has 2 aliphatic rings. The molecule has 138 valence electrons. The molecule has 0 spiro atoms. The molecular formula is C16H26O7S. The van der Waals surface area contributed by atoms with E-state index in [1.165, 1.54) is 0 Å². The van der Waals surface area contributed by atoms with E-state index >= 15 is 0 Å². The van der Waals surface area contributed by atoms with Gasteiger partial charge in [0.2, 0.25) is 0 Å². The fourth-order valence-corrected chi connectivity index (χ4v) is 5.03. The van der Waals surface area contributed by atoms with Crippen LogP contribution in [0.15, 0.2) is 0 Å². The number of hydrogen-bond acceptors (Lipinski definition) is 5. The van der Waals surface area contributed by atoms with Crippen LogP contribution in [-0.2, 0) is 24.2 Å². The number of rotatable bonds is 6. The Labute approximate surface area is 142 Å². The molecule has 7 nitrogen and oxygen atoms in total. The van der Waals surface area contributed by atoms with Crippen molar-refractivity contribution in [3.8, 4) is 0 Å². The molecule has 8 heteroatoms. The monoisotopic (exact) mass is 362 g/mol. The maximum absolute atomic E-state index is 12.8. The summed E-state index contributed by atoms with van der Waals surface area (Å²) in [6, 6.07) is 0. The van der Waals surface area contributed by atoms with E-state index in [4.69, 9.17) is 4.55 Å². The summed E-state index contributed by atoms with van der Waals surface area (Å²) in [5.41, 5.74) is -1.37. The number of carbonyl (C=O) groups is 2. The van der Waals surface area contributed by atoms with E-state index < -0.39 is 34.2 Å². The highest BCUT2D eigenvalue weighted by Gasteiger charge is 2.54. The zero-order valence-electron chi connectivity index (χ0n) is 13.8. The van der Waals surface area contributed by atoms with Crippen molar-refractivity contribution >= 4 is 22.3 Å². The Morgan fingerprint density at radius 2 is 1.33 bits per heavy atom. The highest BCUT2D eigenvalue weighted by molar-refractivity contribution is 7.81. The Bertz CT molecular complexity index is 539. The molecule has 0 amide bonds. The van der Waals surface area contributed by atoms with E-state index in [9.17, 15) is 23.1 Å². The van der Waals surface area contributed by atoms with Crippen molar-refractivity contribution < 1.29 is 31.8 Å². The van der Waals surface area contributed by atoms with Gasteiger partial charge >= 0.3 is 22.3 Å². The molecule has 0 aliphatic heterocycles. The first-order chi connectivity index (χ1) is 11.3. The summed E-state index contributed by atoms with van der Waals surface area (Å²) >= 11 is 0. The number of aliphatic carboxylic acids is 1. The van der Waals surface area contributed by atoms with Crippen LogP contribution in [0.1, 0.15) is 70.6 Å². The van der Waals surface area contributed by atoms with Crippen LogP contribution in [0.3, 0.4) is 0 Å². The minimum Gasteiger partial charge on any atom is -0.481 e. The van der Waals surface area contributed by atoms with Crippen molar-refractivity contribution in [2.24, 2.45) is 17.3 Å². The molecule has 0 saturated heterocycles. The minimum atomic E-state index is -4.96. The Balaban J connectivity index is 2.44.